The Morgan fingerprint density at radius 1 is 1.03 bits per heavy atom. The average molecular weight is 456 g/mol. The van der Waals surface area contributed by atoms with Crippen LogP contribution in [0.1, 0.15) is 47.0 Å². The number of halogens is 3. The Bertz CT molecular complexity index is 1150. The fourth-order valence-electron chi connectivity index (χ4n) is 4.92. The second-order valence-electron chi connectivity index (χ2n) is 9.17. The normalized spacial score (nSPS) is 19.7. The highest BCUT2D eigenvalue weighted by atomic mass is 19.4. The van der Waals surface area contributed by atoms with Crippen LogP contribution in [0.5, 0.6) is 0 Å². The van der Waals surface area contributed by atoms with E-state index in [0.717, 1.165) is 61.9 Å². The predicted octanol–water partition coefficient (Wildman–Crippen LogP) is 5.63. The summed E-state index contributed by atoms with van der Waals surface area (Å²) >= 11 is 0. The molecule has 0 bridgehead atoms. The molecule has 5 rings (SSSR count). The van der Waals surface area contributed by atoms with E-state index in [9.17, 15) is 13.2 Å². The summed E-state index contributed by atoms with van der Waals surface area (Å²) < 4.78 is 48.2. The minimum absolute atomic E-state index is 0.152. The smallest absolute Gasteiger partial charge is 0.362 e. The van der Waals surface area contributed by atoms with Crippen LogP contribution in [0.15, 0.2) is 48.7 Å². The second kappa shape index (κ2) is 8.61. The number of imidazole rings is 1. The summed E-state index contributed by atoms with van der Waals surface area (Å²) in [5.74, 6) is 0.827. The lowest BCUT2D eigenvalue weighted by Gasteiger charge is -2.32. The van der Waals surface area contributed by atoms with E-state index < -0.39 is 11.7 Å². The molecule has 2 aromatic carbocycles. The summed E-state index contributed by atoms with van der Waals surface area (Å²) in [6, 6.07) is 12.2. The predicted molar refractivity (Wildman–Crippen MR) is 121 cm³/mol. The first kappa shape index (κ1) is 22.2. The maximum atomic E-state index is 13.1. The maximum Gasteiger partial charge on any atom is 0.416 e. The molecular formula is C26H28F3N3O. The average Bonchev–Trinajstić information content (AvgIpc) is 3.14. The maximum absolute atomic E-state index is 13.1. The molecule has 174 valence electrons. The van der Waals surface area contributed by atoms with Crippen LogP contribution in [0.3, 0.4) is 0 Å². The molecule has 0 radical (unpaired) electrons. The van der Waals surface area contributed by atoms with Crippen LogP contribution >= 0.6 is 0 Å². The molecule has 0 saturated carbocycles. The van der Waals surface area contributed by atoms with E-state index in [2.05, 4.69) is 34.7 Å². The zero-order valence-electron chi connectivity index (χ0n) is 18.9. The Labute approximate surface area is 192 Å². The fourth-order valence-corrected chi connectivity index (χ4v) is 4.92. The molecule has 3 heterocycles. The number of hydrogen-bond donors (Lipinski definition) is 0. The second-order valence-corrected chi connectivity index (χ2v) is 9.17. The van der Waals surface area contributed by atoms with E-state index in [4.69, 9.17) is 9.72 Å². The van der Waals surface area contributed by atoms with Crippen molar-refractivity contribution in [2.24, 2.45) is 0 Å². The van der Waals surface area contributed by atoms with Crippen LogP contribution in [0, 0.1) is 6.92 Å². The summed E-state index contributed by atoms with van der Waals surface area (Å²) in [5, 5.41) is 0. The first-order valence-electron chi connectivity index (χ1n) is 11.5. The minimum atomic E-state index is -4.36. The Balaban J connectivity index is 1.52. The zero-order chi connectivity index (χ0) is 23.2. The van der Waals surface area contributed by atoms with Crippen molar-refractivity contribution < 1.29 is 17.9 Å². The standard InChI is InChI=1S/C26H28F3N3O/c1-17-15-19(26(27,28)29)7-8-21(17)23-16-32-14-9-18-5-3-4-6-22(18)24(25(32)30-23)33-20-10-12-31(2)13-11-20/h3-8,15-16,20,24H,9-14H2,1-2H3. The van der Waals surface area contributed by atoms with Gasteiger partial charge in [-0.15, -0.1) is 0 Å². The van der Waals surface area contributed by atoms with Gasteiger partial charge in [-0.2, -0.15) is 13.2 Å². The van der Waals surface area contributed by atoms with Crippen molar-refractivity contribution in [3.05, 3.63) is 76.7 Å². The van der Waals surface area contributed by atoms with Crippen LogP contribution in [0.2, 0.25) is 0 Å². The van der Waals surface area contributed by atoms with Gasteiger partial charge in [0.05, 0.1) is 17.4 Å². The number of aromatic nitrogens is 2. The van der Waals surface area contributed by atoms with Gasteiger partial charge in [-0.25, -0.2) is 4.98 Å². The lowest BCUT2D eigenvalue weighted by Crippen LogP contribution is -2.35. The number of fused-ring (bicyclic) bond motifs is 2. The van der Waals surface area contributed by atoms with E-state index in [0.29, 0.717) is 11.3 Å². The highest BCUT2D eigenvalue weighted by Gasteiger charge is 2.32. The van der Waals surface area contributed by atoms with Crippen molar-refractivity contribution in [2.75, 3.05) is 20.1 Å². The third-order valence-corrected chi connectivity index (χ3v) is 6.83. The van der Waals surface area contributed by atoms with Crippen molar-refractivity contribution in [1.82, 2.24) is 14.5 Å². The molecule has 0 amide bonds. The van der Waals surface area contributed by atoms with Gasteiger partial charge in [0.1, 0.15) is 11.9 Å². The Morgan fingerprint density at radius 2 is 1.79 bits per heavy atom. The number of alkyl halides is 3. The quantitative estimate of drug-likeness (QED) is 0.513. The number of rotatable bonds is 3. The number of ether oxygens (including phenoxy) is 1. The van der Waals surface area contributed by atoms with Crippen molar-refractivity contribution in [3.63, 3.8) is 0 Å². The van der Waals surface area contributed by atoms with Crippen LogP contribution < -0.4 is 0 Å². The van der Waals surface area contributed by atoms with Gasteiger partial charge >= 0.3 is 6.18 Å². The van der Waals surface area contributed by atoms with Gasteiger partial charge in [0, 0.05) is 31.4 Å². The first-order chi connectivity index (χ1) is 15.8. The fraction of sp³-hybridized carbons (Fsp3) is 0.423. The molecule has 0 spiro atoms. The molecule has 7 heteroatoms. The van der Waals surface area contributed by atoms with Crippen LogP contribution in [-0.2, 0) is 23.9 Å². The van der Waals surface area contributed by atoms with Crippen molar-refractivity contribution in [1.29, 1.82) is 0 Å². The van der Waals surface area contributed by atoms with Gasteiger partial charge in [0.15, 0.2) is 0 Å². The van der Waals surface area contributed by atoms with E-state index in [-0.39, 0.29) is 12.2 Å². The molecule has 1 atom stereocenters. The molecule has 2 aliphatic rings. The molecule has 1 unspecified atom stereocenters. The van der Waals surface area contributed by atoms with E-state index >= 15 is 0 Å². The first-order valence-corrected chi connectivity index (χ1v) is 11.5. The molecule has 3 aromatic rings. The summed E-state index contributed by atoms with van der Waals surface area (Å²) in [6.07, 6.45) is 0.270. The molecule has 1 saturated heterocycles. The molecule has 2 aliphatic heterocycles. The number of benzene rings is 2. The number of hydrogen-bond acceptors (Lipinski definition) is 3. The number of nitrogens with zero attached hydrogens (tertiary/aromatic N) is 3. The van der Waals surface area contributed by atoms with Gasteiger partial charge in [-0.05, 0) is 62.1 Å². The minimum Gasteiger partial charge on any atom is -0.362 e. The van der Waals surface area contributed by atoms with Gasteiger partial charge in [0.2, 0.25) is 0 Å². The third kappa shape index (κ3) is 4.44. The number of aryl methyl sites for hydroxylation is 3. The largest absolute Gasteiger partial charge is 0.416 e. The zero-order valence-corrected chi connectivity index (χ0v) is 18.9. The Hall–Kier alpha value is -2.64. The highest BCUT2D eigenvalue weighted by molar-refractivity contribution is 5.64. The van der Waals surface area contributed by atoms with Gasteiger partial charge in [0.25, 0.3) is 0 Å². The molecular weight excluding hydrogens is 427 g/mol. The Morgan fingerprint density at radius 3 is 2.52 bits per heavy atom. The number of piperidine rings is 1. The van der Waals surface area contributed by atoms with Gasteiger partial charge < -0.3 is 14.2 Å². The molecule has 0 N–H and O–H groups in total. The Kier molecular flexibility index (Phi) is 5.79. The lowest BCUT2D eigenvalue weighted by atomic mass is 9.99. The van der Waals surface area contributed by atoms with Crippen LogP contribution in [0.25, 0.3) is 11.3 Å². The summed E-state index contributed by atoms with van der Waals surface area (Å²) in [7, 11) is 2.13. The SMILES string of the molecule is Cc1cc(C(F)(F)F)ccc1-c1cn2c(n1)C(OC1CCN(C)CC1)c1ccccc1CC2. The summed E-state index contributed by atoms with van der Waals surface area (Å²) in [6.45, 7) is 4.47. The van der Waals surface area contributed by atoms with Crippen molar-refractivity contribution >= 4 is 0 Å². The molecule has 33 heavy (non-hydrogen) atoms. The van der Waals surface area contributed by atoms with E-state index in [1.165, 1.54) is 17.7 Å². The third-order valence-electron chi connectivity index (χ3n) is 6.83. The van der Waals surface area contributed by atoms with Gasteiger partial charge in [-0.3, -0.25) is 0 Å². The van der Waals surface area contributed by atoms with Gasteiger partial charge in [-0.1, -0.05) is 30.3 Å². The monoisotopic (exact) mass is 455 g/mol. The molecule has 4 nitrogen and oxygen atoms in total. The van der Waals surface area contributed by atoms with E-state index in [1.807, 2.05) is 12.3 Å². The van der Waals surface area contributed by atoms with Crippen molar-refractivity contribution in [3.8, 4) is 11.3 Å². The summed E-state index contributed by atoms with van der Waals surface area (Å²) in [5.41, 5.74) is 3.72. The topological polar surface area (TPSA) is 30.3 Å². The molecule has 1 aromatic heterocycles. The van der Waals surface area contributed by atoms with Crippen LogP contribution in [-0.4, -0.2) is 40.7 Å². The van der Waals surface area contributed by atoms with Crippen LogP contribution in [0.4, 0.5) is 13.2 Å². The lowest BCUT2D eigenvalue weighted by molar-refractivity contribution is -0.137. The van der Waals surface area contributed by atoms with Crippen molar-refractivity contribution in [2.45, 2.75) is 51.1 Å². The van der Waals surface area contributed by atoms with E-state index in [1.54, 1.807) is 6.92 Å². The molecule has 0 aliphatic carbocycles. The summed E-state index contributed by atoms with van der Waals surface area (Å²) in [4.78, 5) is 7.25. The highest BCUT2D eigenvalue weighted by Crippen LogP contribution is 2.37. The molecule has 1 fully saturated rings. The number of likely N-dealkylation sites (tertiary alicyclic amines) is 1.